The molecule has 0 saturated heterocycles. The number of nitrogens with zero attached hydrogens (tertiary/aromatic N) is 1. The second-order valence-corrected chi connectivity index (χ2v) is 1.89. The fourth-order valence-corrected chi connectivity index (χ4v) is 0.628. The molecule has 0 aliphatic carbocycles. The van der Waals surface area contributed by atoms with Crippen molar-refractivity contribution in [2.45, 2.75) is 6.92 Å². The van der Waals surface area contributed by atoms with E-state index in [-0.39, 0.29) is 0 Å². The SMILES string of the molecule is C/C=C\C=C/c1cnc[nH]1. The molecule has 1 N–H and O–H groups in total. The van der Waals surface area contributed by atoms with E-state index in [0.717, 1.165) is 5.69 Å². The molecule has 0 radical (unpaired) electrons. The van der Waals surface area contributed by atoms with Crippen molar-refractivity contribution in [1.82, 2.24) is 9.97 Å². The van der Waals surface area contributed by atoms with Gasteiger partial charge in [0.15, 0.2) is 0 Å². The van der Waals surface area contributed by atoms with Gasteiger partial charge in [0.2, 0.25) is 0 Å². The van der Waals surface area contributed by atoms with Crippen LogP contribution in [0.2, 0.25) is 0 Å². The Bertz CT molecular complexity index is 219. The molecule has 0 fully saturated rings. The number of rotatable bonds is 2. The van der Waals surface area contributed by atoms with Crippen molar-refractivity contribution in [1.29, 1.82) is 0 Å². The number of allylic oxidation sites excluding steroid dienone is 3. The zero-order valence-corrected chi connectivity index (χ0v) is 5.91. The number of hydrogen-bond acceptors (Lipinski definition) is 1. The third kappa shape index (κ3) is 1.90. The second kappa shape index (κ2) is 3.67. The second-order valence-electron chi connectivity index (χ2n) is 1.89. The van der Waals surface area contributed by atoms with Crippen molar-refractivity contribution in [3.8, 4) is 0 Å². The molecule has 1 aromatic rings. The van der Waals surface area contributed by atoms with Crippen molar-refractivity contribution in [2.24, 2.45) is 0 Å². The molecule has 0 aliphatic rings. The standard InChI is InChI=1S/C8H10N2/c1-2-3-4-5-8-6-9-7-10-8/h2-7H,1H3,(H,9,10)/b3-2-,5-4-. The van der Waals surface area contributed by atoms with Gasteiger partial charge in [-0.15, -0.1) is 0 Å². The van der Waals surface area contributed by atoms with Crippen LogP contribution in [0.25, 0.3) is 6.08 Å². The van der Waals surface area contributed by atoms with Gasteiger partial charge in [0.25, 0.3) is 0 Å². The van der Waals surface area contributed by atoms with E-state index in [1.54, 1.807) is 12.5 Å². The van der Waals surface area contributed by atoms with Crippen LogP contribution < -0.4 is 0 Å². The van der Waals surface area contributed by atoms with Crippen LogP contribution in [-0.4, -0.2) is 9.97 Å². The number of H-pyrrole nitrogens is 1. The van der Waals surface area contributed by atoms with Crippen LogP contribution in [0.5, 0.6) is 0 Å². The van der Waals surface area contributed by atoms with Gasteiger partial charge >= 0.3 is 0 Å². The molecule has 2 nitrogen and oxygen atoms in total. The maximum atomic E-state index is 3.87. The van der Waals surface area contributed by atoms with Gasteiger partial charge in [-0.25, -0.2) is 4.98 Å². The Kier molecular flexibility index (Phi) is 2.49. The van der Waals surface area contributed by atoms with Crippen LogP contribution in [0.4, 0.5) is 0 Å². The Morgan fingerprint density at radius 2 is 2.40 bits per heavy atom. The molecule has 52 valence electrons. The van der Waals surface area contributed by atoms with Crippen LogP contribution in [-0.2, 0) is 0 Å². The van der Waals surface area contributed by atoms with E-state index in [4.69, 9.17) is 0 Å². The number of hydrogen-bond donors (Lipinski definition) is 1. The van der Waals surface area contributed by atoms with E-state index in [0.29, 0.717) is 0 Å². The van der Waals surface area contributed by atoms with Gasteiger partial charge in [-0.1, -0.05) is 18.2 Å². The lowest BCUT2D eigenvalue weighted by Crippen LogP contribution is -1.64. The predicted molar refractivity (Wildman–Crippen MR) is 42.4 cm³/mol. The third-order valence-electron chi connectivity index (χ3n) is 1.10. The summed E-state index contributed by atoms with van der Waals surface area (Å²) in [6, 6.07) is 0. The summed E-state index contributed by atoms with van der Waals surface area (Å²) in [6.07, 6.45) is 11.3. The smallest absolute Gasteiger partial charge is 0.0924 e. The molecule has 0 bridgehead atoms. The number of nitrogens with one attached hydrogen (secondary N) is 1. The van der Waals surface area contributed by atoms with Gasteiger partial charge in [-0.2, -0.15) is 0 Å². The minimum absolute atomic E-state index is 1.03. The summed E-state index contributed by atoms with van der Waals surface area (Å²) in [5.41, 5.74) is 1.03. The Balaban J connectivity index is 2.55. The zero-order valence-electron chi connectivity index (χ0n) is 5.91. The van der Waals surface area contributed by atoms with Gasteiger partial charge in [0.1, 0.15) is 0 Å². The van der Waals surface area contributed by atoms with E-state index in [9.17, 15) is 0 Å². The number of aromatic amines is 1. The first-order chi connectivity index (χ1) is 4.93. The summed E-state index contributed by atoms with van der Waals surface area (Å²) in [5, 5.41) is 0. The van der Waals surface area contributed by atoms with Crippen molar-refractivity contribution >= 4 is 6.08 Å². The van der Waals surface area contributed by atoms with Crippen molar-refractivity contribution < 1.29 is 0 Å². The highest BCUT2D eigenvalue weighted by Crippen LogP contribution is 1.93. The summed E-state index contributed by atoms with van der Waals surface area (Å²) in [5.74, 6) is 0. The molecule has 2 heteroatoms. The molecular weight excluding hydrogens is 124 g/mol. The first-order valence-electron chi connectivity index (χ1n) is 3.21. The molecule has 10 heavy (non-hydrogen) atoms. The summed E-state index contributed by atoms with van der Waals surface area (Å²) < 4.78 is 0. The van der Waals surface area contributed by atoms with Crippen LogP contribution in [0.1, 0.15) is 12.6 Å². The average molecular weight is 134 g/mol. The monoisotopic (exact) mass is 134 g/mol. The molecule has 0 atom stereocenters. The molecule has 0 amide bonds. The normalized spacial score (nSPS) is 11.7. The van der Waals surface area contributed by atoms with Crippen LogP contribution in [0, 0.1) is 0 Å². The third-order valence-corrected chi connectivity index (χ3v) is 1.10. The molecule has 1 aromatic heterocycles. The lowest BCUT2D eigenvalue weighted by Gasteiger charge is -1.78. The molecule has 0 saturated carbocycles. The summed E-state index contributed by atoms with van der Waals surface area (Å²) in [6.45, 7) is 1.98. The minimum atomic E-state index is 1.03. The van der Waals surface area contributed by atoms with Crippen LogP contribution >= 0.6 is 0 Å². The highest BCUT2D eigenvalue weighted by molar-refractivity contribution is 5.45. The lowest BCUT2D eigenvalue weighted by molar-refractivity contribution is 1.31. The van der Waals surface area contributed by atoms with E-state index in [1.807, 2.05) is 31.2 Å². The van der Waals surface area contributed by atoms with E-state index in [2.05, 4.69) is 9.97 Å². The summed E-state index contributed by atoms with van der Waals surface area (Å²) >= 11 is 0. The molecule has 1 rings (SSSR count). The Morgan fingerprint density at radius 1 is 1.50 bits per heavy atom. The molecular formula is C8H10N2. The lowest BCUT2D eigenvalue weighted by atomic mass is 10.4. The highest BCUT2D eigenvalue weighted by atomic mass is 14.8. The van der Waals surface area contributed by atoms with Gasteiger partial charge in [0.05, 0.1) is 18.2 Å². The van der Waals surface area contributed by atoms with Gasteiger partial charge < -0.3 is 4.98 Å². The minimum Gasteiger partial charge on any atom is -0.345 e. The van der Waals surface area contributed by atoms with E-state index in [1.165, 1.54) is 0 Å². The topological polar surface area (TPSA) is 28.7 Å². The summed E-state index contributed by atoms with van der Waals surface area (Å²) in [4.78, 5) is 6.83. The van der Waals surface area contributed by atoms with Gasteiger partial charge in [-0.3, -0.25) is 0 Å². The Hall–Kier alpha value is -1.31. The predicted octanol–water partition coefficient (Wildman–Crippen LogP) is 2.00. The first-order valence-corrected chi connectivity index (χ1v) is 3.21. The van der Waals surface area contributed by atoms with Gasteiger partial charge in [-0.05, 0) is 13.0 Å². The number of aromatic nitrogens is 2. The molecule has 0 unspecified atom stereocenters. The van der Waals surface area contributed by atoms with Crippen molar-refractivity contribution in [3.63, 3.8) is 0 Å². The first kappa shape index (κ1) is 6.81. The van der Waals surface area contributed by atoms with E-state index < -0.39 is 0 Å². The van der Waals surface area contributed by atoms with Gasteiger partial charge in [0, 0.05) is 0 Å². The fraction of sp³-hybridized carbons (Fsp3) is 0.125. The Morgan fingerprint density at radius 3 is 3.00 bits per heavy atom. The average Bonchev–Trinajstić information content (AvgIpc) is 2.41. The van der Waals surface area contributed by atoms with E-state index >= 15 is 0 Å². The zero-order chi connectivity index (χ0) is 7.23. The summed E-state index contributed by atoms with van der Waals surface area (Å²) in [7, 11) is 0. The van der Waals surface area contributed by atoms with Crippen molar-refractivity contribution in [2.75, 3.05) is 0 Å². The fourth-order valence-electron chi connectivity index (χ4n) is 0.628. The number of imidazole rings is 1. The maximum Gasteiger partial charge on any atom is 0.0924 e. The molecule has 0 aliphatic heterocycles. The Labute approximate surface area is 60.3 Å². The van der Waals surface area contributed by atoms with Crippen molar-refractivity contribution in [3.05, 3.63) is 36.4 Å². The molecule has 0 aromatic carbocycles. The molecule has 1 heterocycles. The molecule has 0 spiro atoms. The van der Waals surface area contributed by atoms with Crippen LogP contribution in [0.15, 0.2) is 30.8 Å². The quantitative estimate of drug-likeness (QED) is 0.616. The highest BCUT2D eigenvalue weighted by Gasteiger charge is 1.80. The largest absolute Gasteiger partial charge is 0.345 e. The van der Waals surface area contributed by atoms with Crippen LogP contribution in [0.3, 0.4) is 0 Å². The maximum absolute atomic E-state index is 3.87.